The van der Waals surface area contributed by atoms with Gasteiger partial charge in [-0.1, -0.05) is 0 Å². The Bertz CT molecular complexity index is 313. The van der Waals surface area contributed by atoms with Gasteiger partial charge in [0.15, 0.2) is 0 Å². The molecular formula is C12H19N3S. The van der Waals surface area contributed by atoms with Crippen LogP contribution in [0.15, 0.2) is 16.8 Å². The Balaban J connectivity index is 1.44. The molecule has 2 aliphatic rings. The van der Waals surface area contributed by atoms with E-state index in [1.54, 1.807) is 11.3 Å². The molecule has 3 heterocycles. The Morgan fingerprint density at radius 2 is 2.12 bits per heavy atom. The van der Waals surface area contributed by atoms with Gasteiger partial charge in [-0.15, -0.1) is 0 Å². The molecule has 1 aromatic rings. The molecule has 3 rings (SSSR count). The van der Waals surface area contributed by atoms with Crippen molar-refractivity contribution < 1.29 is 0 Å². The van der Waals surface area contributed by atoms with Crippen LogP contribution in [0.4, 0.5) is 0 Å². The first kappa shape index (κ1) is 10.7. The Labute approximate surface area is 101 Å². The number of hydrogen-bond acceptors (Lipinski definition) is 4. The van der Waals surface area contributed by atoms with Gasteiger partial charge in [0.2, 0.25) is 0 Å². The fraction of sp³-hybridized carbons (Fsp3) is 0.667. The van der Waals surface area contributed by atoms with E-state index in [-0.39, 0.29) is 0 Å². The maximum absolute atomic E-state index is 3.41. The van der Waals surface area contributed by atoms with Crippen LogP contribution < -0.4 is 5.32 Å². The summed E-state index contributed by atoms with van der Waals surface area (Å²) in [7, 11) is 0. The van der Waals surface area contributed by atoms with Crippen molar-refractivity contribution in [2.75, 3.05) is 39.3 Å². The van der Waals surface area contributed by atoms with Crippen molar-refractivity contribution in [1.29, 1.82) is 0 Å². The van der Waals surface area contributed by atoms with Crippen LogP contribution >= 0.6 is 11.3 Å². The van der Waals surface area contributed by atoms with Gasteiger partial charge < -0.3 is 5.32 Å². The minimum atomic E-state index is 0.820. The van der Waals surface area contributed by atoms with Gasteiger partial charge in [-0.2, -0.15) is 11.3 Å². The second-order valence-corrected chi connectivity index (χ2v) is 5.55. The summed E-state index contributed by atoms with van der Waals surface area (Å²) in [5.41, 5.74) is 1.48. The highest BCUT2D eigenvalue weighted by molar-refractivity contribution is 7.07. The molecule has 0 spiro atoms. The third kappa shape index (κ3) is 2.30. The summed E-state index contributed by atoms with van der Waals surface area (Å²) < 4.78 is 0. The van der Waals surface area contributed by atoms with E-state index in [1.165, 1.54) is 44.8 Å². The highest BCUT2D eigenvalue weighted by Crippen LogP contribution is 2.19. The monoisotopic (exact) mass is 237 g/mol. The average Bonchev–Trinajstić information content (AvgIpc) is 2.77. The molecule has 3 nitrogen and oxygen atoms in total. The van der Waals surface area contributed by atoms with E-state index in [2.05, 4.69) is 31.9 Å². The predicted octanol–water partition coefficient (Wildman–Crippen LogP) is 0.837. The zero-order chi connectivity index (χ0) is 10.8. The molecule has 2 fully saturated rings. The number of piperazine rings is 1. The molecule has 2 aliphatic heterocycles. The molecule has 0 saturated carbocycles. The fourth-order valence-corrected chi connectivity index (χ4v) is 3.25. The minimum Gasteiger partial charge on any atom is -0.314 e. The summed E-state index contributed by atoms with van der Waals surface area (Å²) in [6.07, 6.45) is 0. The Hall–Kier alpha value is -0.420. The summed E-state index contributed by atoms with van der Waals surface area (Å²) in [6.45, 7) is 8.47. The van der Waals surface area contributed by atoms with Gasteiger partial charge >= 0.3 is 0 Å². The lowest BCUT2D eigenvalue weighted by Crippen LogP contribution is -2.62. The molecule has 0 bridgehead atoms. The van der Waals surface area contributed by atoms with Crippen molar-refractivity contribution in [3.8, 4) is 0 Å². The van der Waals surface area contributed by atoms with Crippen molar-refractivity contribution in [1.82, 2.24) is 15.1 Å². The van der Waals surface area contributed by atoms with Gasteiger partial charge in [0.25, 0.3) is 0 Å². The number of thiophene rings is 1. The van der Waals surface area contributed by atoms with Crippen molar-refractivity contribution in [3.63, 3.8) is 0 Å². The molecule has 4 heteroatoms. The topological polar surface area (TPSA) is 18.5 Å². The quantitative estimate of drug-likeness (QED) is 0.840. The van der Waals surface area contributed by atoms with E-state index < -0.39 is 0 Å². The van der Waals surface area contributed by atoms with Crippen molar-refractivity contribution in [2.24, 2.45) is 0 Å². The van der Waals surface area contributed by atoms with Crippen LogP contribution in [0.25, 0.3) is 0 Å². The number of rotatable bonds is 3. The first-order valence-electron chi connectivity index (χ1n) is 6.10. The van der Waals surface area contributed by atoms with Crippen molar-refractivity contribution in [3.05, 3.63) is 22.4 Å². The summed E-state index contributed by atoms with van der Waals surface area (Å²) in [4.78, 5) is 5.19. The van der Waals surface area contributed by atoms with Crippen LogP contribution in [0.1, 0.15) is 5.56 Å². The average molecular weight is 237 g/mol. The maximum atomic E-state index is 3.41. The minimum absolute atomic E-state index is 0.820. The van der Waals surface area contributed by atoms with E-state index in [0.717, 1.165) is 12.6 Å². The molecular weight excluding hydrogens is 218 g/mol. The van der Waals surface area contributed by atoms with Crippen LogP contribution in [0.3, 0.4) is 0 Å². The smallest absolute Gasteiger partial charge is 0.0351 e. The normalized spacial score (nSPS) is 24.5. The number of likely N-dealkylation sites (tertiary alicyclic amines) is 1. The van der Waals surface area contributed by atoms with E-state index in [1.807, 2.05) is 0 Å². The lowest BCUT2D eigenvalue weighted by atomic mass is 10.1. The predicted molar refractivity (Wildman–Crippen MR) is 67.8 cm³/mol. The molecule has 2 saturated heterocycles. The van der Waals surface area contributed by atoms with Crippen LogP contribution in [0.2, 0.25) is 0 Å². The number of nitrogens with zero attached hydrogens (tertiary/aromatic N) is 2. The molecule has 0 atom stereocenters. The molecule has 88 valence electrons. The third-order valence-electron chi connectivity index (χ3n) is 3.59. The molecule has 0 aliphatic carbocycles. The molecule has 0 radical (unpaired) electrons. The van der Waals surface area contributed by atoms with Crippen LogP contribution in [-0.2, 0) is 6.54 Å². The molecule has 1 aromatic heterocycles. The summed E-state index contributed by atoms with van der Waals surface area (Å²) in [6, 6.07) is 3.06. The third-order valence-corrected chi connectivity index (χ3v) is 4.32. The highest BCUT2D eigenvalue weighted by atomic mass is 32.1. The van der Waals surface area contributed by atoms with Crippen LogP contribution in [-0.4, -0.2) is 55.1 Å². The van der Waals surface area contributed by atoms with Gasteiger partial charge in [-0.25, -0.2) is 0 Å². The van der Waals surface area contributed by atoms with E-state index >= 15 is 0 Å². The van der Waals surface area contributed by atoms with Gasteiger partial charge in [-0.05, 0) is 22.4 Å². The second kappa shape index (κ2) is 4.84. The fourth-order valence-electron chi connectivity index (χ4n) is 2.59. The summed E-state index contributed by atoms with van der Waals surface area (Å²) in [5.74, 6) is 0. The second-order valence-electron chi connectivity index (χ2n) is 4.77. The summed E-state index contributed by atoms with van der Waals surface area (Å²) >= 11 is 1.80. The zero-order valence-corrected chi connectivity index (χ0v) is 10.4. The number of hydrogen-bond donors (Lipinski definition) is 1. The van der Waals surface area contributed by atoms with E-state index in [0.29, 0.717) is 0 Å². The van der Waals surface area contributed by atoms with Gasteiger partial charge in [-0.3, -0.25) is 9.80 Å². The first-order chi connectivity index (χ1) is 7.92. The lowest BCUT2D eigenvalue weighted by molar-refractivity contribution is 0.0224. The molecule has 0 aromatic carbocycles. The van der Waals surface area contributed by atoms with E-state index in [4.69, 9.17) is 0 Å². The standard InChI is InChI=1S/C12H19N3S/c1-6-16-10-11(1)7-14-8-12(9-14)15-4-2-13-3-5-15/h1,6,10,12-13H,2-5,7-9H2. The van der Waals surface area contributed by atoms with Gasteiger partial charge in [0.05, 0.1) is 0 Å². The summed E-state index contributed by atoms with van der Waals surface area (Å²) in [5, 5.41) is 7.84. The molecule has 0 unspecified atom stereocenters. The Kier molecular flexibility index (Phi) is 3.24. The molecule has 0 amide bonds. The van der Waals surface area contributed by atoms with Gasteiger partial charge in [0, 0.05) is 51.9 Å². The first-order valence-corrected chi connectivity index (χ1v) is 7.04. The number of nitrogens with one attached hydrogen (secondary N) is 1. The Morgan fingerprint density at radius 1 is 1.31 bits per heavy atom. The molecule has 1 N–H and O–H groups in total. The largest absolute Gasteiger partial charge is 0.314 e. The van der Waals surface area contributed by atoms with Gasteiger partial charge in [0.1, 0.15) is 0 Å². The van der Waals surface area contributed by atoms with Crippen LogP contribution in [0, 0.1) is 0 Å². The highest BCUT2D eigenvalue weighted by Gasteiger charge is 2.31. The zero-order valence-electron chi connectivity index (χ0n) is 9.56. The van der Waals surface area contributed by atoms with Crippen molar-refractivity contribution >= 4 is 11.3 Å². The lowest BCUT2D eigenvalue weighted by Gasteiger charge is -2.46. The van der Waals surface area contributed by atoms with E-state index in [9.17, 15) is 0 Å². The Morgan fingerprint density at radius 3 is 2.81 bits per heavy atom. The molecule has 16 heavy (non-hydrogen) atoms. The SMILES string of the molecule is c1cc(CN2CC(N3CCNCC3)C2)cs1. The maximum Gasteiger partial charge on any atom is 0.0351 e. The van der Waals surface area contributed by atoms with Crippen molar-refractivity contribution in [2.45, 2.75) is 12.6 Å². The van der Waals surface area contributed by atoms with Crippen LogP contribution in [0.5, 0.6) is 0 Å².